The summed E-state index contributed by atoms with van der Waals surface area (Å²) in [5, 5.41) is 7.41. The zero-order valence-corrected chi connectivity index (χ0v) is 18.1. The molecule has 7 nitrogen and oxygen atoms in total. The predicted molar refractivity (Wildman–Crippen MR) is 121 cm³/mol. The molecule has 2 atom stereocenters. The maximum absolute atomic E-state index is 14.3. The van der Waals surface area contributed by atoms with Crippen molar-refractivity contribution in [3.8, 4) is 22.8 Å². The molecular formula is C25H25FN4O3. The van der Waals surface area contributed by atoms with Crippen LogP contribution in [0.1, 0.15) is 30.9 Å². The van der Waals surface area contributed by atoms with Gasteiger partial charge in [-0.15, -0.1) is 0 Å². The molecule has 0 unspecified atom stereocenters. The third-order valence-electron chi connectivity index (χ3n) is 6.52. The van der Waals surface area contributed by atoms with Crippen LogP contribution in [-0.2, 0) is 11.3 Å². The Morgan fingerprint density at radius 1 is 1.12 bits per heavy atom. The van der Waals surface area contributed by atoms with Gasteiger partial charge in [0.25, 0.3) is 0 Å². The van der Waals surface area contributed by atoms with Crippen molar-refractivity contribution in [1.82, 2.24) is 14.7 Å². The molecule has 170 valence electrons. The molecule has 3 heterocycles. The molecule has 1 saturated heterocycles. The summed E-state index contributed by atoms with van der Waals surface area (Å²) in [5.74, 6) is 1.17. The van der Waals surface area contributed by atoms with Gasteiger partial charge in [-0.1, -0.05) is 24.3 Å². The van der Waals surface area contributed by atoms with Crippen LogP contribution in [0.2, 0.25) is 0 Å². The SMILES string of the molecule is O=C(Nc1ccc(-c2ccnn2C2CC2)cc1)[C@H]1C[C@H](F)CN1Cc1cccc2c1OCO2. The van der Waals surface area contributed by atoms with Crippen molar-refractivity contribution >= 4 is 11.6 Å². The number of halogens is 1. The van der Waals surface area contributed by atoms with Crippen LogP contribution >= 0.6 is 0 Å². The Labute approximate surface area is 191 Å². The number of nitrogens with zero attached hydrogens (tertiary/aromatic N) is 3. The number of benzene rings is 2. The quantitative estimate of drug-likeness (QED) is 0.613. The van der Waals surface area contributed by atoms with Crippen molar-refractivity contribution in [2.45, 2.75) is 44.1 Å². The first kappa shape index (κ1) is 20.2. The third-order valence-corrected chi connectivity index (χ3v) is 6.52. The van der Waals surface area contributed by atoms with Crippen LogP contribution in [0.15, 0.2) is 54.7 Å². The van der Waals surface area contributed by atoms with E-state index in [0.717, 1.165) is 16.8 Å². The van der Waals surface area contributed by atoms with Crippen LogP contribution in [0, 0.1) is 0 Å². The summed E-state index contributed by atoms with van der Waals surface area (Å²) in [5.41, 5.74) is 3.73. The van der Waals surface area contributed by atoms with Crippen LogP contribution in [0.4, 0.5) is 10.1 Å². The summed E-state index contributed by atoms with van der Waals surface area (Å²) in [7, 11) is 0. The van der Waals surface area contributed by atoms with E-state index >= 15 is 0 Å². The van der Waals surface area contributed by atoms with Gasteiger partial charge in [-0.2, -0.15) is 5.10 Å². The van der Waals surface area contributed by atoms with Crippen LogP contribution in [0.25, 0.3) is 11.3 Å². The lowest BCUT2D eigenvalue weighted by Crippen LogP contribution is -2.39. The van der Waals surface area contributed by atoms with E-state index in [1.165, 1.54) is 12.8 Å². The Morgan fingerprint density at radius 2 is 1.97 bits per heavy atom. The van der Waals surface area contributed by atoms with Crippen molar-refractivity contribution < 1.29 is 18.7 Å². The van der Waals surface area contributed by atoms with Crippen LogP contribution in [-0.4, -0.2) is 46.1 Å². The highest BCUT2D eigenvalue weighted by atomic mass is 19.1. The second-order valence-corrected chi connectivity index (χ2v) is 8.89. The van der Waals surface area contributed by atoms with Gasteiger partial charge < -0.3 is 14.8 Å². The number of rotatable bonds is 6. The molecule has 2 fully saturated rings. The van der Waals surface area contributed by atoms with Crippen LogP contribution < -0.4 is 14.8 Å². The molecule has 2 aromatic carbocycles. The van der Waals surface area contributed by atoms with Gasteiger partial charge in [0.2, 0.25) is 12.7 Å². The zero-order valence-electron chi connectivity index (χ0n) is 18.1. The molecule has 0 spiro atoms. The number of anilines is 1. The highest BCUT2D eigenvalue weighted by Crippen LogP contribution is 2.38. The van der Waals surface area contributed by atoms with Gasteiger partial charge in [-0.05, 0) is 42.7 Å². The number of carbonyl (C=O) groups excluding carboxylic acids is 1. The Bertz CT molecular complexity index is 1170. The van der Waals surface area contributed by atoms with E-state index in [-0.39, 0.29) is 25.7 Å². The van der Waals surface area contributed by atoms with E-state index in [9.17, 15) is 9.18 Å². The number of ether oxygens (including phenoxy) is 2. The van der Waals surface area contributed by atoms with Crippen molar-refractivity contribution in [3.05, 3.63) is 60.3 Å². The lowest BCUT2D eigenvalue weighted by Gasteiger charge is -2.24. The topological polar surface area (TPSA) is 68.6 Å². The Balaban J connectivity index is 1.15. The van der Waals surface area contributed by atoms with E-state index in [4.69, 9.17) is 9.47 Å². The zero-order chi connectivity index (χ0) is 22.4. The fourth-order valence-electron chi connectivity index (χ4n) is 4.73. The molecule has 2 aliphatic heterocycles. The van der Waals surface area contributed by atoms with E-state index in [2.05, 4.69) is 15.1 Å². The fourth-order valence-corrected chi connectivity index (χ4v) is 4.73. The summed E-state index contributed by atoms with van der Waals surface area (Å²) >= 11 is 0. The molecule has 1 saturated carbocycles. The monoisotopic (exact) mass is 448 g/mol. The van der Waals surface area contributed by atoms with Gasteiger partial charge in [0, 0.05) is 37.0 Å². The van der Waals surface area contributed by atoms with Gasteiger partial charge >= 0.3 is 0 Å². The standard InChI is InChI=1S/C25H25FN4O3/c26-18-12-22(29(14-18)13-17-2-1-3-23-24(17)33-15-32-23)25(31)28-19-6-4-16(5-7-19)21-10-11-27-30(21)20-8-9-20/h1-7,10-11,18,20,22H,8-9,12-15H2,(H,28,31)/t18-,22+/m0/s1. The number of hydrogen-bond acceptors (Lipinski definition) is 5. The number of para-hydroxylation sites is 1. The molecule has 6 rings (SSSR count). The van der Waals surface area contributed by atoms with Crippen LogP contribution in [0.3, 0.4) is 0 Å². The van der Waals surface area contributed by atoms with Gasteiger partial charge in [0.1, 0.15) is 6.17 Å². The van der Waals surface area contributed by atoms with Gasteiger partial charge in [-0.3, -0.25) is 14.4 Å². The fraction of sp³-hybridized carbons (Fsp3) is 0.360. The summed E-state index contributed by atoms with van der Waals surface area (Å²) in [6, 6.07) is 15.4. The Hall–Kier alpha value is -3.39. The number of amides is 1. The van der Waals surface area contributed by atoms with Crippen molar-refractivity contribution in [2.75, 3.05) is 18.7 Å². The molecule has 8 heteroatoms. The summed E-state index contributed by atoms with van der Waals surface area (Å²) < 4.78 is 27.4. The van der Waals surface area contributed by atoms with Crippen molar-refractivity contribution in [2.24, 2.45) is 0 Å². The molecule has 0 bridgehead atoms. The first-order valence-electron chi connectivity index (χ1n) is 11.4. The first-order valence-corrected chi connectivity index (χ1v) is 11.4. The molecule has 0 radical (unpaired) electrons. The summed E-state index contributed by atoms with van der Waals surface area (Å²) in [6.45, 7) is 0.821. The molecule has 3 aromatic rings. The number of carbonyl (C=O) groups is 1. The largest absolute Gasteiger partial charge is 0.454 e. The molecule has 1 amide bonds. The second kappa shape index (κ2) is 8.19. The predicted octanol–water partition coefficient (Wildman–Crippen LogP) is 4.16. The molecule has 3 aliphatic rings. The van der Waals surface area contributed by atoms with Crippen molar-refractivity contribution in [1.29, 1.82) is 0 Å². The smallest absolute Gasteiger partial charge is 0.241 e. The maximum atomic E-state index is 14.3. The van der Waals surface area contributed by atoms with Gasteiger partial charge in [0.05, 0.1) is 17.8 Å². The minimum atomic E-state index is -1.04. The van der Waals surface area contributed by atoms with Crippen LogP contribution in [0.5, 0.6) is 11.5 Å². The van der Waals surface area contributed by atoms with E-state index in [0.29, 0.717) is 29.8 Å². The number of fused-ring (bicyclic) bond motifs is 1. The number of likely N-dealkylation sites (tertiary alicyclic amines) is 1. The van der Waals surface area contributed by atoms with E-state index in [1.807, 2.05) is 59.6 Å². The highest BCUT2D eigenvalue weighted by Gasteiger charge is 2.37. The molecule has 1 N–H and O–H groups in total. The lowest BCUT2D eigenvalue weighted by atomic mass is 10.1. The number of alkyl halides is 1. The second-order valence-electron chi connectivity index (χ2n) is 8.89. The van der Waals surface area contributed by atoms with Gasteiger partial charge in [-0.25, -0.2) is 4.39 Å². The van der Waals surface area contributed by atoms with E-state index < -0.39 is 12.2 Å². The molecule has 33 heavy (non-hydrogen) atoms. The molecular weight excluding hydrogens is 423 g/mol. The number of hydrogen-bond donors (Lipinski definition) is 1. The minimum Gasteiger partial charge on any atom is -0.454 e. The van der Waals surface area contributed by atoms with Crippen molar-refractivity contribution in [3.63, 3.8) is 0 Å². The Morgan fingerprint density at radius 3 is 2.79 bits per heavy atom. The summed E-state index contributed by atoms with van der Waals surface area (Å²) in [6.07, 6.45) is 3.30. The number of nitrogens with one attached hydrogen (secondary N) is 1. The van der Waals surface area contributed by atoms with E-state index in [1.54, 1.807) is 0 Å². The third kappa shape index (κ3) is 3.95. The lowest BCUT2D eigenvalue weighted by molar-refractivity contribution is -0.120. The first-order chi connectivity index (χ1) is 16.2. The average molecular weight is 448 g/mol. The highest BCUT2D eigenvalue weighted by molar-refractivity contribution is 5.95. The average Bonchev–Trinajstić information content (AvgIpc) is 3.21. The maximum Gasteiger partial charge on any atom is 0.241 e. The number of aromatic nitrogens is 2. The summed E-state index contributed by atoms with van der Waals surface area (Å²) in [4.78, 5) is 14.9. The Kier molecular flexibility index (Phi) is 5.02. The molecule has 1 aromatic heterocycles. The molecule has 1 aliphatic carbocycles. The minimum absolute atomic E-state index is 0.177. The normalized spacial score (nSPS) is 22.0. The van der Waals surface area contributed by atoms with Gasteiger partial charge in [0.15, 0.2) is 11.5 Å².